The Morgan fingerprint density at radius 1 is 1.50 bits per heavy atom. The molecule has 0 radical (unpaired) electrons. The van der Waals surface area contributed by atoms with E-state index in [1.165, 1.54) is 12.4 Å². The molecule has 1 heterocycles. The summed E-state index contributed by atoms with van der Waals surface area (Å²) in [7, 11) is 0. The van der Waals surface area contributed by atoms with Crippen molar-refractivity contribution in [3.63, 3.8) is 0 Å². The number of ether oxygens (including phenoxy) is 1. The van der Waals surface area contributed by atoms with E-state index in [-0.39, 0.29) is 10.9 Å². The minimum absolute atomic E-state index is 0.0188. The van der Waals surface area contributed by atoms with Gasteiger partial charge in [-0.3, -0.25) is 0 Å². The SMILES string of the molecule is NC(=S)c1cnc(OCC(F)F)cn1. The number of alkyl halides is 2. The van der Waals surface area contributed by atoms with Gasteiger partial charge in [-0.25, -0.2) is 18.7 Å². The molecule has 4 nitrogen and oxygen atoms in total. The second kappa shape index (κ2) is 4.75. The maximum Gasteiger partial charge on any atom is 0.272 e. The van der Waals surface area contributed by atoms with Gasteiger partial charge in [-0.2, -0.15) is 0 Å². The molecule has 1 aromatic heterocycles. The van der Waals surface area contributed by atoms with Crippen LogP contribution in [0.1, 0.15) is 5.69 Å². The second-order valence-corrected chi connectivity index (χ2v) is 2.75. The first-order valence-electron chi connectivity index (χ1n) is 3.62. The predicted molar refractivity (Wildman–Crippen MR) is 49.4 cm³/mol. The highest BCUT2D eigenvalue weighted by Crippen LogP contribution is 2.05. The van der Waals surface area contributed by atoms with E-state index in [2.05, 4.69) is 26.9 Å². The Hall–Kier alpha value is -1.37. The number of thiocarbonyl (C=S) groups is 1. The molecule has 7 heteroatoms. The molecule has 2 N–H and O–H groups in total. The van der Waals surface area contributed by atoms with Crippen molar-refractivity contribution in [1.82, 2.24) is 9.97 Å². The molecule has 0 aliphatic heterocycles. The van der Waals surface area contributed by atoms with Gasteiger partial charge in [-0.05, 0) is 0 Å². The lowest BCUT2D eigenvalue weighted by atomic mass is 10.4. The molecule has 0 amide bonds. The van der Waals surface area contributed by atoms with E-state index in [4.69, 9.17) is 5.73 Å². The first kappa shape index (κ1) is 10.7. The monoisotopic (exact) mass is 219 g/mol. The number of rotatable bonds is 4. The van der Waals surface area contributed by atoms with Crippen LogP contribution in [0.2, 0.25) is 0 Å². The third-order valence-corrected chi connectivity index (χ3v) is 1.45. The summed E-state index contributed by atoms with van der Waals surface area (Å²) >= 11 is 4.63. The average molecular weight is 219 g/mol. The standard InChI is InChI=1S/C7H7F2N3OS/c8-5(9)3-13-6-2-11-4(1-12-6)7(10)14/h1-2,5H,3H2,(H2,10,14). The summed E-state index contributed by atoms with van der Waals surface area (Å²) in [5.74, 6) is 0.0188. The quantitative estimate of drug-likeness (QED) is 0.757. The van der Waals surface area contributed by atoms with Crippen LogP contribution in [0.25, 0.3) is 0 Å². The molecule has 0 aliphatic rings. The summed E-state index contributed by atoms with van der Waals surface area (Å²) in [6.07, 6.45) is -0.0768. The van der Waals surface area contributed by atoms with E-state index < -0.39 is 13.0 Å². The molecule has 76 valence electrons. The lowest BCUT2D eigenvalue weighted by Crippen LogP contribution is -2.13. The summed E-state index contributed by atoms with van der Waals surface area (Å²) in [5.41, 5.74) is 5.58. The molecule has 0 saturated heterocycles. The van der Waals surface area contributed by atoms with Crippen LogP contribution in [0.5, 0.6) is 5.88 Å². The van der Waals surface area contributed by atoms with E-state index in [1.54, 1.807) is 0 Å². The first-order valence-corrected chi connectivity index (χ1v) is 4.03. The first-order chi connectivity index (χ1) is 6.59. The molecule has 0 aliphatic carbocycles. The van der Waals surface area contributed by atoms with Crippen molar-refractivity contribution in [3.05, 3.63) is 18.1 Å². The Labute approximate surface area is 84.1 Å². The van der Waals surface area contributed by atoms with Crippen molar-refractivity contribution in [3.8, 4) is 5.88 Å². The molecule has 1 aromatic rings. The Morgan fingerprint density at radius 2 is 2.21 bits per heavy atom. The van der Waals surface area contributed by atoms with Crippen molar-refractivity contribution in [2.45, 2.75) is 6.43 Å². The van der Waals surface area contributed by atoms with Crippen molar-refractivity contribution >= 4 is 17.2 Å². The van der Waals surface area contributed by atoms with Crippen LogP contribution in [-0.2, 0) is 0 Å². The van der Waals surface area contributed by atoms with Crippen LogP contribution >= 0.6 is 12.2 Å². The van der Waals surface area contributed by atoms with Crippen LogP contribution in [0, 0.1) is 0 Å². The van der Waals surface area contributed by atoms with Gasteiger partial charge < -0.3 is 10.5 Å². The topological polar surface area (TPSA) is 61.0 Å². The summed E-state index contributed by atoms with van der Waals surface area (Å²) in [5, 5.41) is 0. The predicted octanol–water partition coefficient (Wildman–Crippen LogP) is 0.755. The molecule has 0 bridgehead atoms. The molecule has 0 unspecified atom stereocenters. The number of hydrogen-bond donors (Lipinski definition) is 1. The van der Waals surface area contributed by atoms with Crippen molar-refractivity contribution in [1.29, 1.82) is 0 Å². The molecule has 1 rings (SSSR count). The van der Waals surface area contributed by atoms with Gasteiger partial charge in [0.1, 0.15) is 10.7 Å². The van der Waals surface area contributed by atoms with Gasteiger partial charge in [0.25, 0.3) is 6.43 Å². The fourth-order valence-electron chi connectivity index (χ4n) is 0.666. The Morgan fingerprint density at radius 3 is 2.64 bits per heavy atom. The Bertz CT molecular complexity index is 317. The Kier molecular flexibility index (Phi) is 3.63. The summed E-state index contributed by atoms with van der Waals surface area (Å²) < 4.78 is 28.0. The van der Waals surface area contributed by atoms with Crippen LogP contribution in [0.4, 0.5) is 8.78 Å². The minimum Gasteiger partial charge on any atom is -0.470 e. The molecule has 14 heavy (non-hydrogen) atoms. The maximum atomic E-state index is 11.7. The smallest absolute Gasteiger partial charge is 0.272 e. The zero-order chi connectivity index (χ0) is 10.6. The lowest BCUT2D eigenvalue weighted by Gasteiger charge is -2.03. The summed E-state index contributed by atoms with van der Waals surface area (Å²) in [4.78, 5) is 7.54. The van der Waals surface area contributed by atoms with Crippen molar-refractivity contribution in [2.75, 3.05) is 6.61 Å². The van der Waals surface area contributed by atoms with Crippen LogP contribution in [-0.4, -0.2) is 28.0 Å². The number of aromatic nitrogens is 2. The zero-order valence-corrected chi connectivity index (χ0v) is 7.80. The minimum atomic E-state index is -2.54. The fourth-order valence-corrected chi connectivity index (χ4v) is 0.772. The molecule has 0 atom stereocenters. The van der Waals surface area contributed by atoms with Gasteiger partial charge in [0, 0.05) is 0 Å². The number of nitrogens with zero attached hydrogens (tertiary/aromatic N) is 2. The van der Waals surface area contributed by atoms with Gasteiger partial charge in [0.15, 0.2) is 6.61 Å². The molecule has 0 fully saturated rings. The number of nitrogens with two attached hydrogens (primary N) is 1. The molecule has 0 saturated carbocycles. The Balaban J connectivity index is 2.60. The van der Waals surface area contributed by atoms with Crippen LogP contribution in [0.3, 0.4) is 0 Å². The van der Waals surface area contributed by atoms with Gasteiger partial charge in [-0.15, -0.1) is 0 Å². The van der Waals surface area contributed by atoms with Crippen LogP contribution < -0.4 is 10.5 Å². The highest BCUT2D eigenvalue weighted by Gasteiger charge is 2.05. The average Bonchev–Trinajstić information content (AvgIpc) is 2.15. The highest BCUT2D eigenvalue weighted by molar-refractivity contribution is 7.80. The molecular weight excluding hydrogens is 212 g/mol. The molecular formula is C7H7F2N3OS. The summed E-state index contributed by atoms with van der Waals surface area (Å²) in [6, 6.07) is 0. The van der Waals surface area contributed by atoms with Gasteiger partial charge in [-0.1, -0.05) is 12.2 Å². The van der Waals surface area contributed by atoms with Gasteiger partial charge in [0.2, 0.25) is 5.88 Å². The van der Waals surface area contributed by atoms with Gasteiger partial charge in [0.05, 0.1) is 12.4 Å². The molecule has 0 aromatic carbocycles. The lowest BCUT2D eigenvalue weighted by molar-refractivity contribution is 0.0794. The maximum absolute atomic E-state index is 11.7. The second-order valence-electron chi connectivity index (χ2n) is 2.31. The normalized spacial score (nSPS) is 10.2. The zero-order valence-electron chi connectivity index (χ0n) is 6.98. The van der Waals surface area contributed by atoms with E-state index in [1.807, 2.05) is 0 Å². The van der Waals surface area contributed by atoms with E-state index in [9.17, 15) is 8.78 Å². The third-order valence-electron chi connectivity index (χ3n) is 1.24. The largest absolute Gasteiger partial charge is 0.470 e. The number of hydrogen-bond acceptors (Lipinski definition) is 4. The summed E-state index contributed by atoms with van der Waals surface area (Å²) in [6.45, 7) is -0.707. The van der Waals surface area contributed by atoms with E-state index >= 15 is 0 Å². The van der Waals surface area contributed by atoms with E-state index in [0.717, 1.165) is 0 Å². The van der Waals surface area contributed by atoms with Crippen molar-refractivity contribution in [2.24, 2.45) is 5.73 Å². The van der Waals surface area contributed by atoms with Gasteiger partial charge >= 0.3 is 0 Å². The molecule has 0 spiro atoms. The third kappa shape index (κ3) is 3.17. The van der Waals surface area contributed by atoms with Crippen LogP contribution in [0.15, 0.2) is 12.4 Å². The fraction of sp³-hybridized carbons (Fsp3) is 0.286. The highest BCUT2D eigenvalue weighted by atomic mass is 32.1. The van der Waals surface area contributed by atoms with Crippen molar-refractivity contribution < 1.29 is 13.5 Å². The number of halogens is 2. The van der Waals surface area contributed by atoms with E-state index in [0.29, 0.717) is 5.69 Å².